The van der Waals surface area contributed by atoms with Gasteiger partial charge in [0.2, 0.25) is 0 Å². The molecular weight excluding hydrogens is 514 g/mol. The lowest BCUT2D eigenvalue weighted by Crippen LogP contribution is -2.13. The van der Waals surface area contributed by atoms with Crippen molar-refractivity contribution in [2.24, 2.45) is 0 Å². The number of unbranched alkanes of at least 4 members (excludes halogenated alkanes) is 1. The first-order valence-electron chi connectivity index (χ1n) is 13.4. The molecule has 0 saturated carbocycles. The average Bonchev–Trinajstić information content (AvgIpc) is 3.36. The minimum atomic E-state index is -0.302. The molecule has 206 valence electrons. The Morgan fingerprint density at radius 1 is 1.08 bits per heavy atom. The zero-order chi connectivity index (χ0) is 27.8. The van der Waals surface area contributed by atoms with Crippen molar-refractivity contribution in [3.63, 3.8) is 0 Å². The van der Waals surface area contributed by atoms with E-state index in [-0.39, 0.29) is 24.9 Å². The maximum Gasteiger partial charge on any atom is 0.306 e. The molecule has 39 heavy (non-hydrogen) atoms. The van der Waals surface area contributed by atoms with Crippen molar-refractivity contribution in [3.05, 3.63) is 93.0 Å². The number of nitrogens with zero attached hydrogens (tertiary/aromatic N) is 3. The van der Waals surface area contributed by atoms with Crippen molar-refractivity contribution in [3.8, 4) is 0 Å². The molecule has 1 unspecified atom stereocenters. The van der Waals surface area contributed by atoms with Crippen molar-refractivity contribution in [1.29, 1.82) is 0 Å². The summed E-state index contributed by atoms with van der Waals surface area (Å²) in [4.78, 5) is 12.6. The van der Waals surface area contributed by atoms with E-state index in [0.717, 1.165) is 58.2 Å². The molecule has 4 rings (SSSR count). The van der Waals surface area contributed by atoms with Gasteiger partial charge in [0.1, 0.15) is 5.52 Å². The Labute approximate surface area is 234 Å². The zero-order valence-electron chi connectivity index (χ0n) is 22.8. The van der Waals surface area contributed by atoms with Crippen molar-refractivity contribution >= 4 is 28.6 Å². The fourth-order valence-corrected chi connectivity index (χ4v) is 5.12. The molecule has 3 aromatic carbocycles. The lowest BCUT2D eigenvalue weighted by molar-refractivity contribution is -0.143. The van der Waals surface area contributed by atoms with Crippen LogP contribution in [0.4, 0.5) is 0 Å². The second-order valence-corrected chi connectivity index (χ2v) is 10.1. The topological polar surface area (TPSA) is 86.5 Å². The summed E-state index contributed by atoms with van der Waals surface area (Å²) in [6, 6.07) is 18.0. The molecule has 1 atom stereocenters. The average molecular weight is 550 g/mol. The van der Waals surface area contributed by atoms with E-state index in [1.54, 1.807) is 6.92 Å². The number of aliphatic hydroxyl groups is 1. The molecule has 4 aromatic rings. The number of benzene rings is 3. The van der Waals surface area contributed by atoms with Gasteiger partial charge < -0.3 is 14.6 Å². The number of ether oxygens (including phenoxy) is 2. The van der Waals surface area contributed by atoms with Gasteiger partial charge in [-0.1, -0.05) is 59.3 Å². The summed E-state index contributed by atoms with van der Waals surface area (Å²) in [7, 11) is 0. The summed E-state index contributed by atoms with van der Waals surface area (Å²) >= 11 is 6.51. The predicted octanol–water partition coefficient (Wildman–Crippen LogP) is 6.28. The number of hydrogen-bond donors (Lipinski definition) is 1. The third kappa shape index (κ3) is 7.04. The number of aryl methyl sites for hydroxylation is 2. The fraction of sp³-hybridized carbons (Fsp3) is 0.387. The van der Waals surface area contributed by atoms with E-state index in [4.69, 9.17) is 21.1 Å². The lowest BCUT2D eigenvalue weighted by atomic mass is 9.84. The van der Waals surface area contributed by atoms with Gasteiger partial charge in [-0.3, -0.25) is 4.79 Å². The second-order valence-electron chi connectivity index (χ2n) is 9.71. The summed E-state index contributed by atoms with van der Waals surface area (Å²) < 4.78 is 13.0. The molecule has 0 saturated heterocycles. The van der Waals surface area contributed by atoms with Crippen LogP contribution >= 0.6 is 11.6 Å². The maximum absolute atomic E-state index is 12.6. The molecular formula is C31H36ClN3O4. The predicted molar refractivity (Wildman–Crippen MR) is 153 cm³/mol. The molecule has 0 radical (unpaired) electrons. The van der Waals surface area contributed by atoms with Crippen LogP contribution < -0.4 is 0 Å². The molecule has 0 bridgehead atoms. The Morgan fingerprint density at radius 2 is 1.87 bits per heavy atom. The minimum Gasteiger partial charge on any atom is -0.466 e. The molecule has 0 aliphatic rings. The van der Waals surface area contributed by atoms with E-state index < -0.39 is 0 Å². The summed E-state index contributed by atoms with van der Waals surface area (Å²) in [5, 5.41) is 19.3. The minimum absolute atomic E-state index is 0.130. The van der Waals surface area contributed by atoms with Gasteiger partial charge in [-0.05, 0) is 79.1 Å². The van der Waals surface area contributed by atoms with Crippen molar-refractivity contribution in [2.75, 3.05) is 13.2 Å². The van der Waals surface area contributed by atoms with Gasteiger partial charge >= 0.3 is 5.97 Å². The van der Waals surface area contributed by atoms with Crippen molar-refractivity contribution in [2.45, 2.75) is 65.7 Å². The number of aromatic nitrogens is 3. The first-order valence-corrected chi connectivity index (χ1v) is 13.8. The molecule has 0 amide bonds. The van der Waals surface area contributed by atoms with Crippen LogP contribution in [0.1, 0.15) is 65.5 Å². The number of carbonyl (C=O) groups excluding carboxylic acids is 1. The molecule has 0 spiro atoms. The number of aliphatic hydroxyl groups excluding tert-OH is 1. The van der Waals surface area contributed by atoms with Crippen LogP contribution in [0, 0.1) is 13.8 Å². The normalized spacial score (nSPS) is 12.1. The largest absolute Gasteiger partial charge is 0.466 e. The Hall–Kier alpha value is -3.26. The van der Waals surface area contributed by atoms with E-state index in [9.17, 15) is 9.90 Å². The Bertz CT molecular complexity index is 1400. The summed E-state index contributed by atoms with van der Waals surface area (Å²) in [6.07, 6.45) is 2.00. The number of carbonyl (C=O) groups is 1. The summed E-state index contributed by atoms with van der Waals surface area (Å²) in [5.41, 5.74) is 7.28. The molecule has 1 aromatic heterocycles. The van der Waals surface area contributed by atoms with Gasteiger partial charge in [0.25, 0.3) is 0 Å². The van der Waals surface area contributed by atoms with Crippen molar-refractivity contribution in [1.82, 2.24) is 15.0 Å². The van der Waals surface area contributed by atoms with E-state index in [0.29, 0.717) is 24.8 Å². The Morgan fingerprint density at radius 3 is 2.62 bits per heavy atom. The zero-order valence-corrected chi connectivity index (χ0v) is 23.6. The van der Waals surface area contributed by atoms with Crippen LogP contribution in [0.3, 0.4) is 0 Å². The Kier molecular flexibility index (Phi) is 10.1. The smallest absolute Gasteiger partial charge is 0.306 e. The van der Waals surface area contributed by atoms with E-state index in [2.05, 4.69) is 22.4 Å². The number of rotatable bonds is 13. The van der Waals surface area contributed by atoms with Gasteiger partial charge in [-0.25, -0.2) is 4.68 Å². The molecule has 8 heteroatoms. The molecule has 0 fully saturated rings. The van der Waals surface area contributed by atoms with Crippen LogP contribution in [-0.2, 0) is 34.0 Å². The van der Waals surface area contributed by atoms with Gasteiger partial charge in [0.05, 0.1) is 31.8 Å². The highest BCUT2D eigenvalue weighted by atomic mass is 35.5. The highest BCUT2D eigenvalue weighted by Crippen LogP contribution is 2.36. The fourth-order valence-electron chi connectivity index (χ4n) is 4.87. The molecule has 0 aliphatic carbocycles. The number of halogens is 1. The first kappa shape index (κ1) is 28.7. The Balaban J connectivity index is 1.51. The second kappa shape index (κ2) is 13.7. The molecule has 1 N–H and O–H groups in total. The van der Waals surface area contributed by atoms with E-state index >= 15 is 0 Å². The SMILES string of the molecule is CCOC(=O)CC(c1cc(Cl)c(C)c(CO)c1)c1ccc2c(nnn2CCCCOCc2ccccc2)c1C. The van der Waals surface area contributed by atoms with Gasteiger partial charge in [-0.2, -0.15) is 0 Å². The third-order valence-corrected chi connectivity index (χ3v) is 7.49. The molecule has 1 heterocycles. The van der Waals surface area contributed by atoms with E-state index in [1.165, 1.54) is 5.56 Å². The van der Waals surface area contributed by atoms with Crippen LogP contribution in [0.5, 0.6) is 0 Å². The number of hydrogen-bond acceptors (Lipinski definition) is 6. The summed E-state index contributed by atoms with van der Waals surface area (Å²) in [6.45, 7) is 7.91. The van der Waals surface area contributed by atoms with Gasteiger partial charge in [-0.15, -0.1) is 5.10 Å². The molecule has 0 aliphatic heterocycles. The van der Waals surface area contributed by atoms with Gasteiger partial charge in [0.15, 0.2) is 0 Å². The number of esters is 1. The molecule has 7 nitrogen and oxygen atoms in total. The van der Waals surface area contributed by atoms with Crippen LogP contribution in [0.2, 0.25) is 5.02 Å². The third-order valence-electron chi connectivity index (χ3n) is 7.10. The number of fused-ring (bicyclic) bond motifs is 1. The highest BCUT2D eigenvalue weighted by Gasteiger charge is 2.24. The van der Waals surface area contributed by atoms with Gasteiger partial charge in [0, 0.05) is 24.1 Å². The van der Waals surface area contributed by atoms with Crippen LogP contribution in [0.25, 0.3) is 11.0 Å². The highest BCUT2D eigenvalue weighted by molar-refractivity contribution is 6.31. The monoisotopic (exact) mass is 549 g/mol. The van der Waals surface area contributed by atoms with E-state index in [1.807, 2.05) is 61.0 Å². The van der Waals surface area contributed by atoms with Crippen LogP contribution in [-0.4, -0.2) is 39.3 Å². The maximum atomic E-state index is 12.6. The first-order chi connectivity index (χ1) is 18.9. The standard InChI is InChI=1S/C31H36ClN3O4/c1-4-39-30(37)18-27(24-16-25(19-36)21(2)28(32)17-24)26-12-13-29-31(22(26)3)33-34-35(29)14-8-9-15-38-20-23-10-6-5-7-11-23/h5-7,10-13,16-17,27,36H,4,8-9,14-15,18-20H2,1-3H3. The van der Waals surface area contributed by atoms with Crippen LogP contribution in [0.15, 0.2) is 54.6 Å². The van der Waals surface area contributed by atoms with Crippen molar-refractivity contribution < 1.29 is 19.4 Å². The summed E-state index contributed by atoms with van der Waals surface area (Å²) in [5.74, 6) is -0.592. The quantitative estimate of drug-likeness (QED) is 0.156. The lowest BCUT2D eigenvalue weighted by Gasteiger charge is -2.21.